The van der Waals surface area contributed by atoms with E-state index in [1.54, 1.807) is 18.4 Å². The summed E-state index contributed by atoms with van der Waals surface area (Å²) in [6.45, 7) is 5.93. The van der Waals surface area contributed by atoms with Crippen LogP contribution in [0.3, 0.4) is 0 Å². The third-order valence-corrected chi connectivity index (χ3v) is 9.75. The van der Waals surface area contributed by atoms with Crippen LogP contribution in [0.2, 0.25) is 0 Å². The lowest BCUT2D eigenvalue weighted by Crippen LogP contribution is -2.54. The zero-order chi connectivity index (χ0) is 28.2. The molecule has 9 nitrogen and oxygen atoms in total. The number of likely N-dealkylation sites (tertiary alicyclic amines) is 2. The van der Waals surface area contributed by atoms with Gasteiger partial charge in [0.05, 0.1) is 12.1 Å². The normalized spacial score (nSPS) is 19.0. The molecule has 6 rings (SSSR count). The van der Waals surface area contributed by atoms with E-state index in [-0.39, 0.29) is 11.9 Å². The minimum atomic E-state index is 0.0310. The average molecular weight is 575 g/mol. The fourth-order valence-electron chi connectivity index (χ4n) is 6.32. The molecule has 3 amide bonds. The highest BCUT2D eigenvalue weighted by molar-refractivity contribution is 7.09. The molecule has 216 valence electrons. The van der Waals surface area contributed by atoms with Crippen molar-refractivity contribution in [1.29, 1.82) is 0 Å². The Labute approximate surface area is 245 Å². The molecule has 0 unspecified atom stereocenters. The number of carbonyl (C=O) groups excluding carboxylic acids is 2. The maximum atomic E-state index is 13.3. The van der Waals surface area contributed by atoms with E-state index in [1.807, 2.05) is 56.6 Å². The van der Waals surface area contributed by atoms with E-state index in [0.29, 0.717) is 30.6 Å². The molecule has 1 aromatic carbocycles. The minimum Gasteiger partial charge on any atom is -0.496 e. The standard InChI is InChI=1S/C31H38N6O3S/c1-40-27-7-3-2-6-25(27)23-9-14-35(15-10-23)30(38)26-22-41-29(33-26)24-11-16-36(17-12-24)31(39)37-20-18-34(19-21-37)28-8-4-5-13-32-28/h2-8,13,22-24H,9-12,14-21H2,1H3. The largest absolute Gasteiger partial charge is 0.496 e. The van der Waals surface area contributed by atoms with Crippen LogP contribution in [0.15, 0.2) is 54.0 Å². The maximum absolute atomic E-state index is 13.3. The van der Waals surface area contributed by atoms with E-state index in [1.165, 1.54) is 5.56 Å². The number of piperidine rings is 2. The quantitative estimate of drug-likeness (QED) is 0.440. The third-order valence-electron chi connectivity index (χ3n) is 8.74. The van der Waals surface area contributed by atoms with Crippen molar-refractivity contribution in [2.45, 2.75) is 37.5 Å². The Bertz CT molecular complexity index is 1330. The lowest BCUT2D eigenvalue weighted by molar-refractivity contribution is 0.0707. The molecule has 0 atom stereocenters. The van der Waals surface area contributed by atoms with E-state index in [4.69, 9.17) is 9.72 Å². The fraction of sp³-hybridized carbons (Fsp3) is 0.484. The second-order valence-corrected chi connectivity index (χ2v) is 12.0. The lowest BCUT2D eigenvalue weighted by atomic mass is 9.88. The summed E-state index contributed by atoms with van der Waals surface area (Å²) in [5.41, 5.74) is 1.79. The van der Waals surface area contributed by atoms with Gasteiger partial charge in [-0.1, -0.05) is 24.3 Å². The summed E-state index contributed by atoms with van der Waals surface area (Å²) in [4.78, 5) is 43.8. The molecule has 3 aliphatic rings. The predicted octanol–water partition coefficient (Wildman–Crippen LogP) is 4.69. The van der Waals surface area contributed by atoms with Gasteiger partial charge in [0.15, 0.2) is 0 Å². The lowest BCUT2D eigenvalue weighted by Gasteiger charge is -2.39. The molecule has 41 heavy (non-hydrogen) atoms. The van der Waals surface area contributed by atoms with Crippen LogP contribution in [0.4, 0.5) is 10.6 Å². The van der Waals surface area contributed by atoms with Crippen molar-refractivity contribution in [3.8, 4) is 5.75 Å². The first-order valence-corrected chi connectivity index (χ1v) is 15.6. The Morgan fingerprint density at radius 1 is 0.805 bits per heavy atom. The Balaban J connectivity index is 0.973. The number of carbonyl (C=O) groups is 2. The second-order valence-electron chi connectivity index (χ2n) is 11.1. The van der Waals surface area contributed by atoms with Gasteiger partial charge in [0.25, 0.3) is 5.91 Å². The smallest absolute Gasteiger partial charge is 0.320 e. The van der Waals surface area contributed by atoms with Gasteiger partial charge in [-0.25, -0.2) is 14.8 Å². The summed E-state index contributed by atoms with van der Waals surface area (Å²) in [6.07, 6.45) is 5.42. The first kappa shape index (κ1) is 27.5. The molecule has 3 saturated heterocycles. The van der Waals surface area contributed by atoms with Crippen molar-refractivity contribution in [3.05, 3.63) is 70.3 Å². The Morgan fingerprint density at radius 2 is 1.46 bits per heavy atom. The number of benzene rings is 1. The van der Waals surface area contributed by atoms with Gasteiger partial charge >= 0.3 is 6.03 Å². The van der Waals surface area contributed by atoms with E-state index in [2.05, 4.69) is 22.0 Å². The van der Waals surface area contributed by atoms with E-state index < -0.39 is 0 Å². The fourth-order valence-corrected chi connectivity index (χ4v) is 7.28. The number of rotatable bonds is 5. The summed E-state index contributed by atoms with van der Waals surface area (Å²) in [7, 11) is 1.71. The number of anilines is 1. The molecular weight excluding hydrogens is 536 g/mol. The zero-order valence-corrected chi connectivity index (χ0v) is 24.5. The third kappa shape index (κ3) is 6.02. The monoisotopic (exact) mass is 574 g/mol. The van der Waals surface area contributed by atoms with Crippen LogP contribution < -0.4 is 9.64 Å². The number of pyridine rings is 1. The van der Waals surface area contributed by atoms with Crippen LogP contribution in [-0.2, 0) is 0 Å². The van der Waals surface area contributed by atoms with Crippen molar-refractivity contribution in [1.82, 2.24) is 24.7 Å². The minimum absolute atomic E-state index is 0.0310. The molecule has 5 heterocycles. The molecule has 0 radical (unpaired) electrons. The molecule has 3 fully saturated rings. The van der Waals surface area contributed by atoms with Crippen molar-refractivity contribution < 1.29 is 14.3 Å². The first-order valence-electron chi connectivity index (χ1n) is 14.7. The van der Waals surface area contributed by atoms with Gasteiger partial charge < -0.3 is 24.3 Å². The highest BCUT2D eigenvalue weighted by Crippen LogP contribution is 2.35. The number of amides is 3. The number of nitrogens with zero attached hydrogens (tertiary/aromatic N) is 6. The zero-order valence-electron chi connectivity index (χ0n) is 23.7. The van der Waals surface area contributed by atoms with Gasteiger partial charge in [0.2, 0.25) is 0 Å². The Morgan fingerprint density at radius 3 is 2.17 bits per heavy atom. The molecule has 0 bridgehead atoms. The van der Waals surface area contributed by atoms with Crippen LogP contribution >= 0.6 is 11.3 Å². The van der Waals surface area contributed by atoms with E-state index >= 15 is 0 Å². The molecule has 0 aliphatic carbocycles. The van der Waals surface area contributed by atoms with Crippen molar-refractivity contribution >= 4 is 29.1 Å². The van der Waals surface area contributed by atoms with Crippen LogP contribution in [0.25, 0.3) is 0 Å². The van der Waals surface area contributed by atoms with Gasteiger partial charge in [-0.2, -0.15) is 0 Å². The van der Waals surface area contributed by atoms with Crippen LogP contribution in [0, 0.1) is 0 Å². The molecule has 0 N–H and O–H groups in total. The number of hydrogen-bond acceptors (Lipinski definition) is 7. The number of urea groups is 1. The number of hydrogen-bond donors (Lipinski definition) is 0. The van der Waals surface area contributed by atoms with E-state index in [0.717, 1.165) is 81.5 Å². The molecule has 3 aromatic rings. The highest BCUT2D eigenvalue weighted by atomic mass is 32.1. The van der Waals surface area contributed by atoms with Gasteiger partial charge in [-0.15, -0.1) is 11.3 Å². The van der Waals surface area contributed by atoms with Crippen LogP contribution in [0.1, 0.15) is 58.6 Å². The Kier molecular flexibility index (Phi) is 8.36. The number of thiazole rings is 1. The molecule has 0 spiro atoms. The predicted molar refractivity (Wildman–Crippen MR) is 160 cm³/mol. The maximum Gasteiger partial charge on any atom is 0.320 e. The second kappa shape index (κ2) is 12.5. The molecule has 2 aromatic heterocycles. The van der Waals surface area contributed by atoms with Gasteiger partial charge in [-0.3, -0.25) is 4.79 Å². The SMILES string of the molecule is COc1ccccc1C1CCN(C(=O)c2csc(C3CCN(C(=O)N4CCN(c5ccccn5)CC4)CC3)n2)CC1. The molecule has 0 saturated carbocycles. The Hall–Kier alpha value is -3.66. The van der Waals surface area contributed by atoms with Crippen molar-refractivity contribution in [3.63, 3.8) is 0 Å². The highest BCUT2D eigenvalue weighted by Gasteiger charge is 2.32. The van der Waals surface area contributed by atoms with Crippen molar-refractivity contribution in [2.24, 2.45) is 0 Å². The van der Waals surface area contributed by atoms with Crippen molar-refractivity contribution in [2.75, 3.05) is 64.4 Å². The van der Waals surface area contributed by atoms with E-state index in [9.17, 15) is 9.59 Å². The molecule has 3 aliphatic heterocycles. The van der Waals surface area contributed by atoms with Crippen LogP contribution in [-0.4, -0.2) is 96.1 Å². The van der Waals surface area contributed by atoms with Gasteiger partial charge in [-0.05, 0) is 55.4 Å². The topological polar surface area (TPSA) is 82.1 Å². The summed E-state index contributed by atoms with van der Waals surface area (Å²) >= 11 is 1.59. The van der Waals surface area contributed by atoms with Crippen LogP contribution in [0.5, 0.6) is 5.75 Å². The number of piperazine rings is 1. The number of ether oxygens (including phenoxy) is 1. The summed E-state index contributed by atoms with van der Waals surface area (Å²) < 4.78 is 5.56. The summed E-state index contributed by atoms with van der Waals surface area (Å²) in [5, 5.41) is 2.94. The summed E-state index contributed by atoms with van der Waals surface area (Å²) in [6, 6.07) is 14.3. The number of methoxy groups -OCH3 is 1. The number of aromatic nitrogens is 2. The van der Waals surface area contributed by atoms with Gasteiger partial charge in [0.1, 0.15) is 17.3 Å². The first-order chi connectivity index (χ1) is 20.1. The number of para-hydroxylation sites is 1. The molecule has 10 heteroatoms. The average Bonchev–Trinajstić information content (AvgIpc) is 3.55. The molecular formula is C31H38N6O3S. The summed E-state index contributed by atoms with van der Waals surface area (Å²) in [5.74, 6) is 2.63. The van der Waals surface area contributed by atoms with Gasteiger partial charge in [0, 0.05) is 69.9 Å².